The summed E-state index contributed by atoms with van der Waals surface area (Å²) in [7, 11) is 0. The molecule has 7 heteroatoms. The minimum atomic E-state index is -4.49. The lowest BCUT2D eigenvalue weighted by Crippen LogP contribution is -2.07. The summed E-state index contributed by atoms with van der Waals surface area (Å²) in [4.78, 5) is 0.132. The summed E-state index contributed by atoms with van der Waals surface area (Å²) in [6, 6.07) is 4.25. The zero-order valence-corrected chi connectivity index (χ0v) is 14.1. The van der Waals surface area contributed by atoms with E-state index in [1.165, 1.54) is 11.3 Å². The predicted octanol–water partition coefficient (Wildman–Crippen LogP) is 6.46. The average Bonchev–Trinajstić information content (AvgIpc) is 2.68. The second-order valence-electron chi connectivity index (χ2n) is 4.20. The van der Waals surface area contributed by atoms with Crippen molar-refractivity contribution in [1.29, 1.82) is 0 Å². The van der Waals surface area contributed by atoms with E-state index in [-0.39, 0.29) is 5.56 Å². The first-order valence-electron chi connectivity index (χ1n) is 5.46. The van der Waals surface area contributed by atoms with E-state index in [1.54, 1.807) is 0 Å². The van der Waals surface area contributed by atoms with Crippen molar-refractivity contribution in [3.63, 3.8) is 0 Å². The highest BCUT2D eigenvalue weighted by Crippen LogP contribution is 2.41. The van der Waals surface area contributed by atoms with Crippen LogP contribution in [0.15, 0.2) is 28.1 Å². The Morgan fingerprint density at radius 1 is 1.20 bits per heavy atom. The van der Waals surface area contributed by atoms with Crippen LogP contribution in [-0.2, 0) is 6.18 Å². The third-order valence-corrected chi connectivity index (χ3v) is 6.21. The van der Waals surface area contributed by atoms with Gasteiger partial charge < -0.3 is 0 Å². The quantitative estimate of drug-likeness (QED) is 0.378. The van der Waals surface area contributed by atoms with E-state index in [9.17, 15) is 17.6 Å². The second-order valence-corrected chi connectivity index (χ2v) is 7.52. The number of aryl methyl sites for hydroxylation is 1. The molecule has 1 heterocycles. The summed E-state index contributed by atoms with van der Waals surface area (Å²) in [5, 5.41) is 0. The summed E-state index contributed by atoms with van der Waals surface area (Å²) in [6.45, 7) is 1.87. The van der Waals surface area contributed by atoms with Crippen LogP contribution >= 0.6 is 43.2 Å². The Hall–Kier alpha value is -0.400. The Morgan fingerprint density at radius 2 is 1.85 bits per heavy atom. The SMILES string of the molecule is Cc1cc(C(Br)c2cc(C(F)(F)F)ccc2F)sc1Br. The highest BCUT2D eigenvalue weighted by atomic mass is 79.9. The minimum Gasteiger partial charge on any atom is -0.207 e. The van der Waals surface area contributed by atoms with Crippen molar-refractivity contribution in [2.75, 3.05) is 0 Å². The lowest BCUT2D eigenvalue weighted by Gasteiger charge is -2.13. The monoisotopic (exact) mass is 430 g/mol. The number of alkyl halides is 4. The van der Waals surface area contributed by atoms with Crippen LogP contribution in [0.25, 0.3) is 0 Å². The van der Waals surface area contributed by atoms with Gasteiger partial charge in [-0.2, -0.15) is 13.2 Å². The molecule has 0 aliphatic carbocycles. The van der Waals surface area contributed by atoms with Crippen LogP contribution in [0.2, 0.25) is 0 Å². The number of thiophene rings is 1. The first kappa shape index (κ1) is 16.0. The number of rotatable bonds is 2. The van der Waals surface area contributed by atoms with Gasteiger partial charge in [-0.3, -0.25) is 0 Å². The number of hydrogen-bond donors (Lipinski definition) is 0. The van der Waals surface area contributed by atoms with Gasteiger partial charge in [0, 0.05) is 10.4 Å². The zero-order chi connectivity index (χ0) is 15.1. The number of halogens is 6. The largest absolute Gasteiger partial charge is 0.416 e. The van der Waals surface area contributed by atoms with Crippen LogP contribution in [0.1, 0.15) is 26.4 Å². The summed E-state index contributed by atoms with van der Waals surface area (Å²) in [5.74, 6) is -0.665. The Kier molecular flexibility index (Phi) is 4.61. The van der Waals surface area contributed by atoms with Crippen molar-refractivity contribution >= 4 is 43.2 Å². The molecule has 1 unspecified atom stereocenters. The molecule has 0 fully saturated rings. The maximum absolute atomic E-state index is 13.8. The molecule has 0 radical (unpaired) electrons. The van der Waals surface area contributed by atoms with Crippen LogP contribution in [0.4, 0.5) is 17.6 Å². The normalized spacial score (nSPS) is 13.6. The Balaban J connectivity index is 2.46. The fraction of sp³-hybridized carbons (Fsp3) is 0.231. The molecule has 0 saturated heterocycles. The molecule has 2 rings (SSSR count). The molecule has 0 bridgehead atoms. The Bertz CT molecular complexity index is 614. The molecule has 0 spiro atoms. The van der Waals surface area contributed by atoms with Crippen molar-refractivity contribution in [3.8, 4) is 0 Å². The van der Waals surface area contributed by atoms with Crippen molar-refractivity contribution < 1.29 is 17.6 Å². The molecule has 108 valence electrons. The summed E-state index contributed by atoms with van der Waals surface area (Å²) in [6.07, 6.45) is -4.49. The highest BCUT2D eigenvalue weighted by Gasteiger charge is 2.32. The van der Waals surface area contributed by atoms with Gasteiger partial charge in [0.25, 0.3) is 0 Å². The third kappa shape index (κ3) is 3.26. The van der Waals surface area contributed by atoms with Crippen molar-refractivity contribution in [2.45, 2.75) is 17.9 Å². The zero-order valence-electron chi connectivity index (χ0n) is 10.1. The van der Waals surface area contributed by atoms with E-state index in [0.717, 1.165) is 32.4 Å². The van der Waals surface area contributed by atoms with Crippen molar-refractivity contribution in [3.05, 3.63) is 55.4 Å². The van der Waals surface area contributed by atoms with Gasteiger partial charge in [0.15, 0.2) is 0 Å². The molecule has 20 heavy (non-hydrogen) atoms. The third-order valence-electron chi connectivity index (χ3n) is 2.72. The number of hydrogen-bond acceptors (Lipinski definition) is 1. The average molecular weight is 432 g/mol. The molecule has 0 N–H and O–H groups in total. The first-order chi connectivity index (χ1) is 9.20. The van der Waals surface area contributed by atoms with Crippen LogP contribution in [-0.4, -0.2) is 0 Å². The molecule has 0 aliphatic rings. The van der Waals surface area contributed by atoms with Crippen LogP contribution in [0.3, 0.4) is 0 Å². The van der Waals surface area contributed by atoms with Gasteiger partial charge in [0.2, 0.25) is 0 Å². The van der Waals surface area contributed by atoms with Crippen LogP contribution < -0.4 is 0 Å². The molecule has 0 saturated carbocycles. The molecule has 2 aromatic rings. The van der Waals surface area contributed by atoms with E-state index in [0.29, 0.717) is 0 Å². The van der Waals surface area contributed by atoms with E-state index >= 15 is 0 Å². The molecular weight excluding hydrogens is 424 g/mol. The van der Waals surface area contributed by atoms with Gasteiger partial charge >= 0.3 is 6.18 Å². The van der Waals surface area contributed by atoms with Gasteiger partial charge in [-0.25, -0.2) is 4.39 Å². The maximum atomic E-state index is 13.8. The summed E-state index contributed by atoms with van der Waals surface area (Å²) >= 11 is 7.98. The highest BCUT2D eigenvalue weighted by molar-refractivity contribution is 9.11. The molecule has 1 aromatic carbocycles. The Labute approximate surface area is 134 Å². The Morgan fingerprint density at radius 3 is 2.35 bits per heavy atom. The topological polar surface area (TPSA) is 0 Å². The molecule has 0 nitrogen and oxygen atoms in total. The van der Waals surface area contributed by atoms with Gasteiger partial charge in [-0.15, -0.1) is 11.3 Å². The first-order valence-corrected chi connectivity index (χ1v) is 7.99. The van der Waals surface area contributed by atoms with Gasteiger partial charge in [-0.1, -0.05) is 15.9 Å². The molecule has 1 atom stereocenters. The maximum Gasteiger partial charge on any atom is 0.416 e. The molecular formula is C13H8Br2F4S. The minimum absolute atomic E-state index is 0.0198. The van der Waals surface area contributed by atoms with E-state index in [1.807, 2.05) is 13.0 Å². The van der Waals surface area contributed by atoms with Gasteiger partial charge in [0.1, 0.15) is 5.82 Å². The van der Waals surface area contributed by atoms with E-state index in [2.05, 4.69) is 31.9 Å². The standard InChI is InChI=1S/C13H8Br2F4S/c1-6-4-10(20-12(6)15)11(14)8-5-7(13(17,18)19)2-3-9(8)16/h2-5,11H,1H3. The smallest absolute Gasteiger partial charge is 0.207 e. The lowest BCUT2D eigenvalue weighted by atomic mass is 10.1. The van der Waals surface area contributed by atoms with E-state index in [4.69, 9.17) is 0 Å². The fourth-order valence-corrected chi connectivity index (χ4v) is 4.01. The van der Waals surface area contributed by atoms with Gasteiger partial charge in [0.05, 0.1) is 14.2 Å². The lowest BCUT2D eigenvalue weighted by molar-refractivity contribution is -0.137. The molecule has 1 aromatic heterocycles. The van der Waals surface area contributed by atoms with Gasteiger partial charge in [-0.05, 0) is 52.7 Å². The second kappa shape index (κ2) is 5.77. The molecule has 0 amide bonds. The van der Waals surface area contributed by atoms with Crippen molar-refractivity contribution in [1.82, 2.24) is 0 Å². The van der Waals surface area contributed by atoms with Crippen molar-refractivity contribution in [2.24, 2.45) is 0 Å². The van der Waals surface area contributed by atoms with Crippen LogP contribution in [0.5, 0.6) is 0 Å². The van der Waals surface area contributed by atoms with E-state index < -0.39 is 22.4 Å². The fourth-order valence-electron chi connectivity index (χ4n) is 1.68. The molecule has 0 aliphatic heterocycles. The summed E-state index contributed by atoms with van der Waals surface area (Å²) in [5.41, 5.74) is 0.0844. The summed E-state index contributed by atoms with van der Waals surface area (Å²) < 4.78 is 52.7. The predicted molar refractivity (Wildman–Crippen MR) is 78.9 cm³/mol. The van der Waals surface area contributed by atoms with Crippen LogP contribution in [0, 0.1) is 12.7 Å². The number of benzene rings is 1.